The molecule has 0 aromatic rings. The molecule has 1 saturated carbocycles. The minimum absolute atomic E-state index is 0.0338. The molecule has 2 saturated heterocycles. The molecule has 5 atom stereocenters. The second kappa shape index (κ2) is 12.3. The largest absolute Gasteiger partial charge is 0.479 e. The fourth-order valence-corrected chi connectivity index (χ4v) is 7.47. The molecule has 0 aromatic carbocycles. The summed E-state index contributed by atoms with van der Waals surface area (Å²) in [6, 6.07) is -1.76. The first kappa shape index (κ1) is 31.3. The molecule has 2 unspecified atom stereocenters. The number of hydrogen-bond donors (Lipinski definition) is 3. The van der Waals surface area contributed by atoms with E-state index in [1.807, 2.05) is 32.9 Å². The predicted molar refractivity (Wildman–Crippen MR) is 150 cm³/mol. The third kappa shape index (κ3) is 7.22. The normalized spacial score (nSPS) is 32.5. The Bertz CT molecular complexity index is 1170. The van der Waals surface area contributed by atoms with Gasteiger partial charge in [-0.2, -0.15) is 4.31 Å². The number of carboxylic acid groups (broad SMARTS) is 1. The minimum Gasteiger partial charge on any atom is -0.479 e. The lowest BCUT2D eigenvalue weighted by Crippen LogP contribution is -2.56. The SMILES string of the molecule is CC(C)(C)C(CN1CCCS1(=O)=O)OC(=O)N[C@H]1CCCCC/C=C\C2C[C@@]2(C(=O)O)NC(=O)[C@@H]2CCCN2C1=O. The van der Waals surface area contributed by atoms with E-state index in [1.165, 1.54) is 9.21 Å². The van der Waals surface area contributed by atoms with Gasteiger partial charge in [-0.15, -0.1) is 0 Å². The summed E-state index contributed by atoms with van der Waals surface area (Å²) in [5.41, 5.74) is -1.91. The highest BCUT2D eigenvalue weighted by Crippen LogP contribution is 2.45. The molecule has 0 radical (unpaired) electrons. The number of allylic oxidation sites excluding steroid dienone is 1. The lowest BCUT2D eigenvalue weighted by molar-refractivity contribution is -0.145. The molecule has 0 bridgehead atoms. The maximum atomic E-state index is 13.8. The second-order valence-corrected chi connectivity index (χ2v) is 14.9. The van der Waals surface area contributed by atoms with Gasteiger partial charge in [-0.1, -0.05) is 45.8 Å². The van der Waals surface area contributed by atoms with Crippen LogP contribution in [0.5, 0.6) is 0 Å². The Morgan fingerprint density at radius 1 is 1.15 bits per heavy atom. The van der Waals surface area contributed by atoms with Crippen molar-refractivity contribution < 1.29 is 37.4 Å². The average molecular weight is 597 g/mol. The van der Waals surface area contributed by atoms with E-state index in [-0.39, 0.29) is 18.2 Å². The van der Waals surface area contributed by atoms with Crippen molar-refractivity contribution >= 4 is 33.9 Å². The summed E-state index contributed by atoms with van der Waals surface area (Å²) in [7, 11) is -3.39. The van der Waals surface area contributed by atoms with Crippen LogP contribution in [0.3, 0.4) is 0 Å². The maximum absolute atomic E-state index is 13.8. The van der Waals surface area contributed by atoms with Crippen LogP contribution in [-0.2, 0) is 29.1 Å². The topological polar surface area (TPSA) is 162 Å². The van der Waals surface area contributed by atoms with E-state index in [2.05, 4.69) is 10.6 Å². The highest BCUT2D eigenvalue weighted by molar-refractivity contribution is 7.89. The molecule has 3 N–H and O–H groups in total. The number of alkyl carbamates (subject to hydrolysis) is 1. The molecular formula is C28H44N4O8S. The molecule has 4 aliphatic rings. The molecular weight excluding hydrogens is 552 g/mol. The number of nitrogens with one attached hydrogen (secondary N) is 2. The highest BCUT2D eigenvalue weighted by Gasteiger charge is 2.61. The van der Waals surface area contributed by atoms with E-state index in [1.54, 1.807) is 0 Å². The van der Waals surface area contributed by atoms with Gasteiger partial charge in [-0.25, -0.2) is 18.0 Å². The van der Waals surface area contributed by atoms with Gasteiger partial charge in [0.1, 0.15) is 23.7 Å². The third-order valence-corrected chi connectivity index (χ3v) is 10.6. The number of ether oxygens (including phenoxy) is 1. The molecule has 230 valence electrons. The standard InChI is InChI=1S/C28H44N4O8S/c1-27(2,3)22(18-31-14-10-16-41(31,38)39)40-26(37)29-20-12-8-6-4-5-7-11-19-17-28(19,25(35)36)30-23(33)21-13-9-15-32(21)24(20)34/h7,11,19-22H,4-6,8-10,12-18H2,1-3H3,(H,29,37)(H,30,33)(H,35,36)/b11-7-/t19?,20-,21-,22?,28+/m0/s1. The zero-order chi connectivity index (χ0) is 30.0. The molecule has 0 spiro atoms. The van der Waals surface area contributed by atoms with Gasteiger partial charge in [-0.05, 0) is 44.9 Å². The van der Waals surface area contributed by atoms with Gasteiger partial charge < -0.3 is 25.4 Å². The number of carbonyl (C=O) groups is 4. The van der Waals surface area contributed by atoms with Crippen molar-refractivity contribution in [3.05, 3.63) is 12.2 Å². The van der Waals surface area contributed by atoms with Crippen LogP contribution >= 0.6 is 0 Å². The van der Waals surface area contributed by atoms with Crippen molar-refractivity contribution in [2.45, 2.75) is 102 Å². The van der Waals surface area contributed by atoms with Crippen LogP contribution in [0.1, 0.15) is 78.6 Å². The minimum atomic E-state index is -3.39. The van der Waals surface area contributed by atoms with Gasteiger partial charge in [0.2, 0.25) is 21.8 Å². The molecule has 13 heteroatoms. The first-order valence-electron chi connectivity index (χ1n) is 14.7. The second-order valence-electron chi connectivity index (χ2n) is 12.8. The molecule has 3 heterocycles. The quantitative estimate of drug-likeness (QED) is 0.406. The third-order valence-electron chi connectivity index (χ3n) is 8.69. The summed E-state index contributed by atoms with van der Waals surface area (Å²) >= 11 is 0. The molecule has 1 aliphatic carbocycles. The molecule has 41 heavy (non-hydrogen) atoms. The van der Waals surface area contributed by atoms with Crippen LogP contribution in [0, 0.1) is 11.3 Å². The Morgan fingerprint density at radius 3 is 2.56 bits per heavy atom. The van der Waals surface area contributed by atoms with E-state index in [9.17, 15) is 32.7 Å². The summed E-state index contributed by atoms with van der Waals surface area (Å²) in [5.74, 6) is -2.20. The van der Waals surface area contributed by atoms with Gasteiger partial charge in [-0.3, -0.25) is 9.59 Å². The Hall–Kier alpha value is -2.67. The van der Waals surface area contributed by atoms with Gasteiger partial charge in [0, 0.05) is 24.4 Å². The average Bonchev–Trinajstić information content (AvgIpc) is 3.18. The first-order valence-corrected chi connectivity index (χ1v) is 16.3. The first-order chi connectivity index (χ1) is 19.2. The van der Waals surface area contributed by atoms with E-state index in [0.717, 1.165) is 19.3 Å². The Kier molecular flexibility index (Phi) is 9.37. The number of fused-ring (bicyclic) bond motifs is 2. The van der Waals surface area contributed by atoms with E-state index in [0.29, 0.717) is 51.6 Å². The van der Waals surface area contributed by atoms with E-state index >= 15 is 0 Å². The van der Waals surface area contributed by atoms with Crippen molar-refractivity contribution in [1.82, 2.24) is 19.8 Å². The van der Waals surface area contributed by atoms with Crippen LogP contribution < -0.4 is 10.6 Å². The van der Waals surface area contributed by atoms with Crippen molar-refractivity contribution in [3.8, 4) is 0 Å². The fraction of sp³-hybridized carbons (Fsp3) is 0.786. The fourth-order valence-electron chi connectivity index (χ4n) is 5.95. The number of amides is 3. The zero-order valence-electron chi connectivity index (χ0n) is 24.3. The number of nitrogens with zero attached hydrogens (tertiary/aromatic N) is 2. The molecule has 3 amide bonds. The predicted octanol–water partition coefficient (Wildman–Crippen LogP) is 2.00. The van der Waals surface area contributed by atoms with Gasteiger partial charge >= 0.3 is 12.1 Å². The number of rotatable bonds is 5. The zero-order valence-corrected chi connectivity index (χ0v) is 25.1. The van der Waals surface area contributed by atoms with Gasteiger partial charge in [0.15, 0.2) is 0 Å². The van der Waals surface area contributed by atoms with Crippen LogP contribution in [0.2, 0.25) is 0 Å². The van der Waals surface area contributed by atoms with Crippen molar-refractivity contribution in [2.75, 3.05) is 25.4 Å². The molecule has 3 aliphatic heterocycles. The summed E-state index contributed by atoms with van der Waals surface area (Å²) in [6.07, 6.45) is 7.48. The smallest absolute Gasteiger partial charge is 0.408 e. The summed E-state index contributed by atoms with van der Waals surface area (Å²) < 4.78 is 31.9. The Labute approximate surface area is 242 Å². The number of hydrogen-bond acceptors (Lipinski definition) is 7. The lowest BCUT2D eigenvalue weighted by Gasteiger charge is -2.34. The molecule has 0 aromatic heterocycles. The van der Waals surface area contributed by atoms with Crippen molar-refractivity contribution in [3.63, 3.8) is 0 Å². The van der Waals surface area contributed by atoms with Crippen molar-refractivity contribution in [2.24, 2.45) is 11.3 Å². The van der Waals surface area contributed by atoms with Gasteiger partial charge in [0.25, 0.3) is 0 Å². The van der Waals surface area contributed by atoms with Crippen LogP contribution in [0.25, 0.3) is 0 Å². The number of sulfonamides is 1. The molecule has 4 rings (SSSR count). The van der Waals surface area contributed by atoms with Crippen molar-refractivity contribution in [1.29, 1.82) is 0 Å². The van der Waals surface area contributed by atoms with E-state index in [4.69, 9.17) is 4.74 Å². The van der Waals surface area contributed by atoms with E-state index < -0.39 is 63.0 Å². The number of carbonyl (C=O) groups excluding carboxylic acids is 3. The summed E-state index contributed by atoms with van der Waals surface area (Å²) in [4.78, 5) is 53.7. The molecule has 3 fully saturated rings. The van der Waals surface area contributed by atoms with Crippen LogP contribution in [0.4, 0.5) is 4.79 Å². The lowest BCUT2D eigenvalue weighted by atomic mass is 9.89. The number of aliphatic carboxylic acids is 1. The monoisotopic (exact) mass is 596 g/mol. The summed E-state index contributed by atoms with van der Waals surface area (Å²) in [5, 5.41) is 15.3. The Morgan fingerprint density at radius 2 is 1.90 bits per heavy atom. The van der Waals surface area contributed by atoms with Crippen LogP contribution in [-0.4, -0.2) is 95.7 Å². The van der Waals surface area contributed by atoms with Crippen LogP contribution in [0.15, 0.2) is 12.2 Å². The Balaban J connectivity index is 1.49. The number of carboxylic acids is 1. The van der Waals surface area contributed by atoms with Gasteiger partial charge in [0.05, 0.1) is 12.3 Å². The molecule has 12 nitrogen and oxygen atoms in total. The highest BCUT2D eigenvalue weighted by atomic mass is 32.2. The maximum Gasteiger partial charge on any atom is 0.408 e. The summed E-state index contributed by atoms with van der Waals surface area (Å²) in [6.45, 7) is 6.31.